The molecule has 1 aliphatic carbocycles. The van der Waals surface area contributed by atoms with Gasteiger partial charge in [-0.15, -0.1) is 0 Å². The molecule has 0 aliphatic heterocycles. The molecular formula is C12H16FNO. The third kappa shape index (κ3) is 1.84. The molecule has 0 heterocycles. The maximum atomic E-state index is 12.5. The summed E-state index contributed by atoms with van der Waals surface area (Å²) < 4.78 is 12.5. The number of phenols is 1. The van der Waals surface area contributed by atoms with Crippen LogP contribution < -0.4 is 5.73 Å². The Hall–Kier alpha value is -1.09. The second-order valence-corrected chi connectivity index (χ2v) is 4.35. The van der Waals surface area contributed by atoms with Crippen molar-refractivity contribution in [1.82, 2.24) is 0 Å². The van der Waals surface area contributed by atoms with Crippen LogP contribution in [0.2, 0.25) is 0 Å². The minimum atomic E-state index is -0.511. The number of rotatable bonds is 2. The van der Waals surface area contributed by atoms with E-state index in [2.05, 4.69) is 0 Å². The van der Waals surface area contributed by atoms with Crippen LogP contribution in [0, 0.1) is 0 Å². The van der Waals surface area contributed by atoms with Gasteiger partial charge in [0.15, 0.2) is 0 Å². The highest BCUT2D eigenvalue weighted by atomic mass is 19.1. The predicted octanol–water partition coefficient (Wildman–Crippen LogP) is 2.59. The van der Waals surface area contributed by atoms with E-state index in [1.807, 2.05) is 0 Å². The smallest absolute Gasteiger partial charge is 0.120 e. The van der Waals surface area contributed by atoms with Gasteiger partial charge in [0.05, 0.1) is 0 Å². The van der Waals surface area contributed by atoms with Crippen molar-refractivity contribution in [3.05, 3.63) is 29.3 Å². The second-order valence-electron chi connectivity index (χ2n) is 4.35. The van der Waals surface area contributed by atoms with E-state index in [4.69, 9.17) is 5.73 Å². The van der Waals surface area contributed by atoms with E-state index in [1.54, 1.807) is 12.1 Å². The molecular weight excluding hydrogens is 193 g/mol. The molecule has 3 heteroatoms. The Morgan fingerprint density at radius 1 is 1.33 bits per heavy atom. The van der Waals surface area contributed by atoms with E-state index in [0.29, 0.717) is 11.1 Å². The highest BCUT2D eigenvalue weighted by molar-refractivity contribution is 5.41. The largest absolute Gasteiger partial charge is 0.508 e. The zero-order chi connectivity index (χ0) is 10.9. The highest BCUT2D eigenvalue weighted by Gasteiger charge is 2.33. The lowest BCUT2D eigenvalue weighted by atomic mass is 9.88. The Bertz CT molecular complexity index is 359. The fraction of sp³-hybridized carbons (Fsp3) is 0.500. The average molecular weight is 209 g/mol. The average Bonchev–Trinajstić information content (AvgIpc) is 2.67. The first-order valence-corrected chi connectivity index (χ1v) is 5.33. The van der Waals surface area contributed by atoms with Gasteiger partial charge in [0, 0.05) is 11.1 Å². The topological polar surface area (TPSA) is 46.2 Å². The van der Waals surface area contributed by atoms with E-state index in [-0.39, 0.29) is 5.75 Å². The summed E-state index contributed by atoms with van der Waals surface area (Å²) in [6.45, 7) is -0.511. The third-order valence-electron chi connectivity index (χ3n) is 3.25. The van der Waals surface area contributed by atoms with Gasteiger partial charge in [0.2, 0.25) is 0 Å². The van der Waals surface area contributed by atoms with E-state index in [1.165, 1.54) is 6.07 Å². The summed E-state index contributed by atoms with van der Waals surface area (Å²) in [6, 6.07) is 4.83. The lowest BCUT2D eigenvalue weighted by molar-refractivity contribution is 0.407. The number of phenolic OH excluding ortho intramolecular Hbond substituents is 1. The van der Waals surface area contributed by atoms with Gasteiger partial charge in [-0.3, -0.25) is 0 Å². The van der Waals surface area contributed by atoms with Gasteiger partial charge in [-0.05, 0) is 30.5 Å². The molecule has 1 aromatic carbocycles. The molecule has 2 rings (SSSR count). The number of nitrogens with two attached hydrogens (primary N) is 1. The molecule has 0 saturated heterocycles. The number of hydrogen-bond acceptors (Lipinski definition) is 2. The Balaban J connectivity index is 2.41. The fourth-order valence-electron chi connectivity index (χ4n) is 2.34. The normalized spacial score (nSPS) is 19.3. The third-order valence-corrected chi connectivity index (χ3v) is 3.25. The van der Waals surface area contributed by atoms with Crippen LogP contribution in [0.25, 0.3) is 0 Å². The van der Waals surface area contributed by atoms with Crippen molar-refractivity contribution in [2.75, 3.05) is 0 Å². The maximum absolute atomic E-state index is 12.5. The Morgan fingerprint density at radius 2 is 2.00 bits per heavy atom. The highest BCUT2D eigenvalue weighted by Crippen LogP contribution is 2.40. The summed E-state index contributed by atoms with van der Waals surface area (Å²) in [5.74, 6) is 0.191. The van der Waals surface area contributed by atoms with Gasteiger partial charge in [-0.25, -0.2) is 4.39 Å². The van der Waals surface area contributed by atoms with Crippen molar-refractivity contribution < 1.29 is 9.50 Å². The van der Waals surface area contributed by atoms with E-state index >= 15 is 0 Å². The maximum Gasteiger partial charge on any atom is 0.120 e. The van der Waals surface area contributed by atoms with E-state index < -0.39 is 12.2 Å². The quantitative estimate of drug-likeness (QED) is 0.786. The molecule has 1 aliphatic rings. The SMILES string of the molecule is NC1(c2cc(CF)ccc2O)CCCC1. The first kappa shape index (κ1) is 10.4. The molecule has 3 N–H and O–H groups in total. The van der Waals surface area contributed by atoms with Gasteiger partial charge in [-0.2, -0.15) is 0 Å². The molecule has 82 valence electrons. The van der Waals surface area contributed by atoms with Gasteiger partial charge in [0.25, 0.3) is 0 Å². The van der Waals surface area contributed by atoms with Crippen LogP contribution in [0.15, 0.2) is 18.2 Å². The lowest BCUT2D eigenvalue weighted by Gasteiger charge is -2.25. The van der Waals surface area contributed by atoms with Crippen LogP contribution >= 0.6 is 0 Å². The van der Waals surface area contributed by atoms with E-state index in [9.17, 15) is 9.50 Å². The lowest BCUT2D eigenvalue weighted by Crippen LogP contribution is -2.33. The van der Waals surface area contributed by atoms with Gasteiger partial charge in [-0.1, -0.05) is 18.9 Å². The molecule has 0 unspecified atom stereocenters. The van der Waals surface area contributed by atoms with Crippen molar-refractivity contribution >= 4 is 0 Å². The van der Waals surface area contributed by atoms with Gasteiger partial charge >= 0.3 is 0 Å². The van der Waals surface area contributed by atoms with Crippen LogP contribution in [0.3, 0.4) is 0 Å². The molecule has 1 aromatic rings. The Labute approximate surface area is 88.9 Å². The standard InChI is InChI=1S/C12H16FNO/c13-8-9-3-4-11(15)10(7-9)12(14)5-1-2-6-12/h3-4,7,15H,1-2,5-6,8,14H2. The molecule has 1 fully saturated rings. The molecule has 0 atom stereocenters. The van der Waals surface area contributed by atoms with Crippen LogP contribution in [-0.4, -0.2) is 5.11 Å². The Morgan fingerprint density at radius 3 is 2.60 bits per heavy atom. The summed E-state index contributed by atoms with van der Waals surface area (Å²) in [5.41, 5.74) is 7.06. The number of aromatic hydroxyl groups is 1. The van der Waals surface area contributed by atoms with Gasteiger partial charge in [0.1, 0.15) is 12.4 Å². The van der Waals surface area contributed by atoms with Crippen molar-refractivity contribution in [2.24, 2.45) is 5.73 Å². The minimum Gasteiger partial charge on any atom is -0.508 e. The van der Waals surface area contributed by atoms with Crippen LogP contribution in [-0.2, 0) is 12.2 Å². The number of benzene rings is 1. The summed E-state index contributed by atoms with van der Waals surface area (Å²) in [6.07, 6.45) is 3.90. The summed E-state index contributed by atoms with van der Waals surface area (Å²) >= 11 is 0. The summed E-state index contributed by atoms with van der Waals surface area (Å²) in [5, 5.41) is 9.75. The van der Waals surface area contributed by atoms with Gasteiger partial charge < -0.3 is 10.8 Å². The molecule has 0 bridgehead atoms. The molecule has 15 heavy (non-hydrogen) atoms. The predicted molar refractivity (Wildman–Crippen MR) is 57.3 cm³/mol. The molecule has 1 saturated carbocycles. The van der Waals surface area contributed by atoms with Crippen molar-refractivity contribution in [3.8, 4) is 5.75 Å². The molecule has 0 aromatic heterocycles. The molecule has 2 nitrogen and oxygen atoms in total. The van der Waals surface area contributed by atoms with E-state index in [0.717, 1.165) is 25.7 Å². The van der Waals surface area contributed by atoms with Crippen LogP contribution in [0.1, 0.15) is 36.8 Å². The molecule has 0 spiro atoms. The summed E-state index contributed by atoms with van der Waals surface area (Å²) in [7, 11) is 0. The van der Waals surface area contributed by atoms with Crippen LogP contribution in [0.5, 0.6) is 5.75 Å². The Kier molecular flexibility index (Phi) is 2.65. The summed E-state index contributed by atoms with van der Waals surface area (Å²) in [4.78, 5) is 0. The fourth-order valence-corrected chi connectivity index (χ4v) is 2.34. The second kappa shape index (κ2) is 3.81. The zero-order valence-electron chi connectivity index (χ0n) is 8.67. The molecule has 0 amide bonds. The number of hydrogen-bond donors (Lipinski definition) is 2. The van der Waals surface area contributed by atoms with Crippen molar-refractivity contribution in [3.63, 3.8) is 0 Å². The van der Waals surface area contributed by atoms with Crippen LogP contribution in [0.4, 0.5) is 4.39 Å². The first-order chi connectivity index (χ1) is 7.15. The number of halogens is 1. The van der Waals surface area contributed by atoms with Crippen molar-refractivity contribution in [2.45, 2.75) is 37.9 Å². The molecule has 0 radical (unpaired) electrons. The number of alkyl halides is 1. The minimum absolute atomic E-state index is 0.191. The van der Waals surface area contributed by atoms with Crippen molar-refractivity contribution in [1.29, 1.82) is 0 Å². The zero-order valence-corrected chi connectivity index (χ0v) is 8.67. The monoisotopic (exact) mass is 209 g/mol. The first-order valence-electron chi connectivity index (χ1n) is 5.33.